The van der Waals surface area contributed by atoms with Gasteiger partial charge in [0.1, 0.15) is 11.6 Å². The topological polar surface area (TPSA) is 79.5 Å². The molecule has 3 N–H and O–H groups in total. The lowest BCUT2D eigenvalue weighted by molar-refractivity contribution is -0.129. The monoisotopic (exact) mass is 437 g/mol. The highest BCUT2D eigenvalue weighted by Crippen LogP contribution is 2.52. The van der Waals surface area contributed by atoms with Crippen molar-refractivity contribution in [1.82, 2.24) is 16.0 Å². The quantitative estimate of drug-likeness (QED) is 0.639. The number of nitrogens with one attached hydrogen (secondary N) is 3. The fraction of sp³-hybridized carbons (Fsp3) is 0.636. The second kappa shape index (κ2) is 8.35. The van der Waals surface area contributed by atoms with E-state index in [4.69, 9.17) is 16.3 Å². The Morgan fingerprint density at radius 2 is 2.07 bits per heavy atom. The molecule has 3 unspecified atom stereocenters. The van der Waals surface area contributed by atoms with E-state index in [-0.39, 0.29) is 46.7 Å². The number of carbonyl (C=O) groups is 2. The number of amides is 2. The average molecular weight is 438 g/mol. The van der Waals surface area contributed by atoms with Crippen molar-refractivity contribution in [2.75, 3.05) is 13.2 Å². The maximum atomic E-state index is 13.5. The zero-order valence-electron chi connectivity index (χ0n) is 17.3. The first-order chi connectivity index (χ1) is 14.2. The van der Waals surface area contributed by atoms with E-state index in [1.54, 1.807) is 0 Å². The molecule has 4 fully saturated rings. The summed E-state index contributed by atoms with van der Waals surface area (Å²) < 4.78 is 18.8. The van der Waals surface area contributed by atoms with Crippen molar-refractivity contribution in [3.63, 3.8) is 0 Å². The molecule has 2 bridgehead atoms. The number of rotatable bonds is 6. The van der Waals surface area contributed by atoms with E-state index >= 15 is 0 Å². The van der Waals surface area contributed by atoms with Crippen LogP contribution in [0.1, 0.15) is 39.5 Å². The van der Waals surface area contributed by atoms with Crippen LogP contribution >= 0.6 is 11.6 Å². The SMILES string of the molecule is CC1CC(C(=O)NC23CC(C2)[C@@H](NC(=O)COc2ccc(Cl)c(F)c2)C3)CNC1C. The van der Waals surface area contributed by atoms with Gasteiger partial charge in [-0.1, -0.05) is 18.5 Å². The zero-order valence-corrected chi connectivity index (χ0v) is 18.1. The summed E-state index contributed by atoms with van der Waals surface area (Å²) in [7, 11) is 0. The van der Waals surface area contributed by atoms with Crippen LogP contribution in [0.4, 0.5) is 4.39 Å². The summed E-state index contributed by atoms with van der Waals surface area (Å²) in [6.45, 7) is 4.87. The molecule has 1 aromatic rings. The number of fused-ring (bicyclic) bond motifs is 1. The van der Waals surface area contributed by atoms with Crippen LogP contribution in [0.5, 0.6) is 5.75 Å². The van der Waals surface area contributed by atoms with Crippen LogP contribution in [0.3, 0.4) is 0 Å². The molecule has 5 rings (SSSR count). The van der Waals surface area contributed by atoms with Crippen LogP contribution in [0.15, 0.2) is 18.2 Å². The Balaban J connectivity index is 1.23. The fourth-order valence-corrected chi connectivity index (χ4v) is 5.22. The molecule has 1 saturated heterocycles. The lowest BCUT2D eigenvalue weighted by Gasteiger charge is -2.41. The van der Waals surface area contributed by atoms with E-state index in [1.807, 2.05) is 0 Å². The van der Waals surface area contributed by atoms with Crippen LogP contribution < -0.4 is 20.7 Å². The molecule has 2 amide bonds. The molecular formula is C22H29ClFN3O3. The van der Waals surface area contributed by atoms with Crippen LogP contribution in [0, 0.1) is 23.6 Å². The third-order valence-corrected chi connectivity index (χ3v) is 7.35. The molecule has 30 heavy (non-hydrogen) atoms. The molecule has 164 valence electrons. The number of hydrogen-bond acceptors (Lipinski definition) is 4. The molecule has 8 heteroatoms. The number of benzene rings is 1. The van der Waals surface area contributed by atoms with Gasteiger partial charge in [-0.2, -0.15) is 0 Å². The Bertz CT molecular complexity index is 830. The van der Waals surface area contributed by atoms with Gasteiger partial charge < -0.3 is 20.7 Å². The zero-order chi connectivity index (χ0) is 21.5. The van der Waals surface area contributed by atoms with Crippen molar-refractivity contribution < 1.29 is 18.7 Å². The Morgan fingerprint density at radius 1 is 1.30 bits per heavy atom. The van der Waals surface area contributed by atoms with E-state index in [1.165, 1.54) is 12.1 Å². The lowest BCUT2D eigenvalue weighted by atomic mass is 9.76. The minimum absolute atomic E-state index is 0.00596. The highest BCUT2D eigenvalue weighted by Gasteiger charge is 2.57. The van der Waals surface area contributed by atoms with Crippen LogP contribution in [0.2, 0.25) is 5.02 Å². The first-order valence-electron chi connectivity index (χ1n) is 10.7. The molecule has 3 aliphatic carbocycles. The second-order valence-electron chi connectivity index (χ2n) is 9.29. The van der Waals surface area contributed by atoms with Crippen molar-refractivity contribution in [3.8, 4) is 5.75 Å². The number of hydrogen-bond donors (Lipinski definition) is 3. The van der Waals surface area contributed by atoms with E-state index in [0.29, 0.717) is 17.9 Å². The highest BCUT2D eigenvalue weighted by atomic mass is 35.5. The van der Waals surface area contributed by atoms with Gasteiger partial charge >= 0.3 is 0 Å². The molecule has 0 spiro atoms. The third kappa shape index (κ3) is 4.42. The Hall–Kier alpha value is -1.86. The molecular weight excluding hydrogens is 409 g/mol. The molecule has 4 aliphatic rings. The number of piperidine rings is 1. The predicted octanol–water partition coefficient (Wildman–Crippen LogP) is 2.65. The van der Waals surface area contributed by atoms with Crippen molar-refractivity contribution in [1.29, 1.82) is 0 Å². The first-order valence-corrected chi connectivity index (χ1v) is 11.0. The van der Waals surface area contributed by atoms with Gasteiger partial charge in [0.2, 0.25) is 5.91 Å². The Labute approximate surface area is 181 Å². The maximum Gasteiger partial charge on any atom is 0.258 e. The molecule has 1 aliphatic heterocycles. The number of ether oxygens (including phenoxy) is 1. The van der Waals surface area contributed by atoms with Gasteiger partial charge in [0.05, 0.1) is 10.9 Å². The Morgan fingerprint density at radius 3 is 2.77 bits per heavy atom. The summed E-state index contributed by atoms with van der Waals surface area (Å²) in [5.41, 5.74) is -0.188. The summed E-state index contributed by atoms with van der Waals surface area (Å²) in [5, 5.41) is 9.72. The van der Waals surface area contributed by atoms with Crippen LogP contribution in [-0.2, 0) is 9.59 Å². The first kappa shape index (κ1) is 21.4. The van der Waals surface area contributed by atoms with E-state index in [0.717, 1.165) is 38.3 Å². The van der Waals surface area contributed by atoms with Gasteiger partial charge in [0.25, 0.3) is 5.91 Å². The minimum Gasteiger partial charge on any atom is -0.484 e. The maximum absolute atomic E-state index is 13.5. The fourth-order valence-electron chi connectivity index (χ4n) is 5.10. The molecule has 1 aromatic carbocycles. The smallest absolute Gasteiger partial charge is 0.258 e. The standard InChI is InChI=1S/C22H29ClFN3O3/c1-12-5-14(10-25-13(12)2)21(29)27-22-7-15(8-22)19(9-22)26-20(28)11-30-16-3-4-17(23)18(24)6-16/h3-4,6,12-15,19,25H,5,7-11H2,1-2H3,(H,26,28)(H,27,29)/t12?,13?,14?,15?,19-,22?/m0/s1. The van der Waals surface area contributed by atoms with Gasteiger partial charge in [-0.05, 0) is 56.6 Å². The van der Waals surface area contributed by atoms with E-state index in [9.17, 15) is 14.0 Å². The van der Waals surface area contributed by atoms with Crippen molar-refractivity contribution >= 4 is 23.4 Å². The molecule has 0 radical (unpaired) electrons. The molecule has 3 saturated carbocycles. The highest BCUT2D eigenvalue weighted by molar-refractivity contribution is 6.30. The normalized spacial score (nSPS) is 34.7. The predicted molar refractivity (Wildman–Crippen MR) is 112 cm³/mol. The molecule has 1 heterocycles. The summed E-state index contributed by atoms with van der Waals surface area (Å²) in [6.07, 6.45) is 3.46. The number of carbonyl (C=O) groups excluding carboxylic acids is 2. The average Bonchev–Trinajstić information content (AvgIpc) is 3.18. The van der Waals surface area contributed by atoms with Gasteiger partial charge in [-0.15, -0.1) is 0 Å². The Kier molecular flexibility index (Phi) is 5.95. The van der Waals surface area contributed by atoms with Gasteiger partial charge in [-0.25, -0.2) is 4.39 Å². The van der Waals surface area contributed by atoms with E-state index < -0.39 is 5.82 Å². The second-order valence-corrected chi connectivity index (χ2v) is 9.69. The van der Waals surface area contributed by atoms with Crippen LogP contribution in [0.25, 0.3) is 0 Å². The molecule has 6 nitrogen and oxygen atoms in total. The van der Waals surface area contributed by atoms with Crippen molar-refractivity contribution in [2.45, 2.75) is 57.2 Å². The summed E-state index contributed by atoms with van der Waals surface area (Å²) in [5.74, 6) is 0.420. The summed E-state index contributed by atoms with van der Waals surface area (Å²) >= 11 is 5.65. The number of halogens is 2. The van der Waals surface area contributed by atoms with Crippen LogP contribution in [-0.4, -0.2) is 42.6 Å². The third-order valence-electron chi connectivity index (χ3n) is 7.05. The van der Waals surface area contributed by atoms with Crippen molar-refractivity contribution in [3.05, 3.63) is 29.0 Å². The van der Waals surface area contributed by atoms with Crippen molar-refractivity contribution in [2.24, 2.45) is 17.8 Å². The minimum atomic E-state index is -0.583. The van der Waals surface area contributed by atoms with Gasteiger partial charge in [-0.3, -0.25) is 9.59 Å². The van der Waals surface area contributed by atoms with Gasteiger partial charge in [0.15, 0.2) is 6.61 Å². The summed E-state index contributed by atoms with van der Waals surface area (Å²) in [6, 6.07) is 4.56. The molecule has 4 atom stereocenters. The molecule has 0 aromatic heterocycles. The largest absolute Gasteiger partial charge is 0.484 e. The summed E-state index contributed by atoms with van der Waals surface area (Å²) in [4.78, 5) is 25.1. The van der Waals surface area contributed by atoms with E-state index in [2.05, 4.69) is 29.8 Å². The lowest BCUT2D eigenvalue weighted by Crippen LogP contribution is -2.56. The van der Waals surface area contributed by atoms with Gasteiger partial charge in [0, 0.05) is 30.2 Å².